The number of hydrogen-bond acceptors (Lipinski definition) is 7. The maximum atomic E-state index is 11.5. The molecule has 0 spiro atoms. The summed E-state index contributed by atoms with van der Waals surface area (Å²) in [6, 6.07) is 0. The molecule has 0 aromatic rings. The molecule has 0 aliphatic heterocycles. The average Bonchev–Trinajstić information content (AvgIpc) is 3.05. The maximum absolute atomic E-state index is 11.5. The topological polar surface area (TPSA) is 124 Å². The lowest BCUT2D eigenvalue weighted by Crippen LogP contribution is -2.05. The molecule has 0 saturated heterocycles. The van der Waals surface area contributed by atoms with E-state index in [9.17, 15) is 9.59 Å². The van der Waals surface area contributed by atoms with Gasteiger partial charge in [-0.15, -0.1) is 0 Å². The molecule has 0 unspecified atom stereocenters. The first-order valence-corrected chi connectivity index (χ1v) is 18.6. The molecule has 0 radical (unpaired) electrons. The van der Waals surface area contributed by atoms with Crippen molar-refractivity contribution >= 4 is 11.8 Å². The van der Waals surface area contributed by atoms with Gasteiger partial charge in [-0.05, 0) is 38.5 Å². The number of carbonyl (C=O) groups excluding carboxylic acids is 2. The first kappa shape index (κ1) is 52.5. The number of aliphatic hydroxyl groups excluding tert-OH is 4. The molecule has 0 bridgehead atoms. The van der Waals surface area contributed by atoms with Crippen molar-refractivity contribution in [3.8, 4) is 0 Å². The Morgan fingerprint density at radius 1 is 0.409 bits per heavy atom. The minimum Gasteiger partial charge on any atom is -0.439 e. The smallest absolute Gasteiger partial charge is 0.307 e. The third-order valence-electron chi connectivity index (χ3n) is 6.70. The molecule has 0 aliphatic carbocycles. The number of aliphatic hydroxyl groups is 4. The van der Waals surface area contributed by atoms with Crippen molar-refractivity contribution in [2.24, 2.45) is 0 Å². The minimum atomic E-state index is -0.575. The van der Waals surface area contributed by atoms with Crippen LogP contribution in [0.5, 0.6) is 0 Å². The fraction of sp³-hybridized carbons (Fsp3) is 0.946. The standard InChI is InChI=1S/C14H26O5.C12H26O.C7H16O.2C2H6/c15-11-7-3-1-2-4-8-13(17)9-5-6-10-14(18)19-12-16;1-2-3-4-5-6-7-8-9-10-11-12-13;1-2-3-4-5-6-7-8;2*1-2/h15-16H,1-12H2;13H,2-12H2,1H3;8H,2-7H2,1H3;2*1-2H3. The summed E-state index contributed by atoms with van der Waals surface area (Å²) >= 11 is 0. The average molecular weight is 637 g/mol. The molecule has 0 aromatic heterocycles. The summed E-state index contributed by atoms with van der Waals surface area (Å²) in [4.78, 5) is 22.4. The van der Waals surface area contributed by atoms with Crippen LogP contribution in [0.1, 0.15) is 202 Å². The number of unbranched alkanes of at least 4 members (excludes halogenated alkanes) is 18. The van der Waals surface area contributed by atoms with E-state index in [0.717, 1.165) is 44.9 Å². The first-order chi connectivity index (χ1) is 21.5. The van der Waals surface area contributed by atoms with Crippen LogP contribution in [0.25, 0.3) is 0 Å². The van der Waals surface area contributed by atoms with Gasteiger partial charge in [0.2, 0.25) is 0 Å². The van der Waals surface area contributed by atoms with Gasteiger partial charge in [-0.2, -0.15) is 0 Å². The second-order valence-electron chi connectivity index (χ2n) is 10.7. The van der Waals surface area contributed by atoms with Crippen LogP contribution in [-0.4, -0.2) is 58.8 Å². The highest BCUT2D eigenvalue weighted by Gasteiger charge is 2.05. The summed E-state index contributed by atoms with van der Waals surface area (Å²) in [5.74, 6) is -0.170. The summed E-state index contributed by atoms with van der Waals surface area (Å²) in [6.07, 6.45) is 27.0. The summed E-state index contributed by atoms with van der Waals surface area (Å²) in [5, 5.41) is 33.9. The van der Waals surface area contributed by atoms with Gasteiger partial charge < -0.3 is 25.2 Å². The van der Waals surface area contributed by atoms with Crippen LogP contribution in [0, 0.1) is 0 Å². The summed E-state index contributed by atoms with van der Waals surface area (Å²) in [7, 11) is 0. The van der Waals surface area contributed by atoms with Crippen LogP contribution in [0.2, 0.25) is 0 Å². The predicted octanol–water partition coefficient (Wildman–Crippen LogP) is 9.84. The molecule has 0 aliphatic rings. The Balaban J connectivity index is -0.000000175. The van der Waals surface area contributed by atoms with E-state index >= 15 is 0 Å². The van der Waals surface area contributed by atoms with Gasteiger partial charge in [-0.3, -0.25) is 9.59 Å². The molecule has 7 nitrogen and oxygen atoms in total. The van der Waals surface area contributed by atoms with E-state index < -0.39 is 12.8 Å². The Bertz CT molecular complexity index is 457. The Kier molecular flexibility index (Phi) is 68.8. The lowest BCUT2D eigenvalue weighted by Gasteiger charge is -2.02. The SMILES string of the molecule is CC.CC.CCCCCCCCCCCCO.CCCCCCCO.O=C(CCCCCCCO)CCCCC(=O)OCO. The highest BCUT2D eigenvalue weighted by atomic mass is 16.6. The molecule has 0 rings (SSSR count). The van der Waals surface area contributed by atoms with Crippen LogP contribution in [0.15, 0.2) is 0 Å². The molecule has 0 fully saturated rings. The summed E-state index contributed by atoms with van der Waals surface area (Å²) < 4.78 is 4.37. The molecule has 0 atom stereocenters. The van der Waals surface area contributed by atoms with Crippen LogP contribution >= 0.6 is 0 Å². The van der Waals surface area contributed by atoms with Crippen LogP contribution in [0.3, 0.4) is 0 Å². The number of ketones is 1. The molecule has 4 N–H and O–H groups in total. The van der Waals surface area contributed by atoms with Gasteiger partial charge in [0.15, 0.2) is 6.79 Å². The molecule has 270 valence electrons. The van der Waals surface area contributed by atoms with Crippen molar-refractivity contribution < 1.29 is 34.8 Å². The second kappa shape index (κ2) is 57.6. The van der Waals surface area contributed by atoms with E-state index in [4.69, 9.17) is 20.4 Å². The van der Waals surface area contributed by atoms with Crippen molar-refractivity contribution in [3.05, 3.63) is 0 Å². The van der Waals surface area contributed by atoms with Crippen molar-refractivity contribution in [1.29, 1.82) is 0 Å². The monoisotopic (exact) mass is 637 g/mol. The van der Waals surface area contributed by atoms with Crippen LogP contribution < -0.4 is 0 Å². The number of hydrogen-bond donors (Lipinski definition) is 4. The van der Waals surface area contributed by atoms with Crippen molar-refractivity contribution in [1.82, 2.24) is 0 Å². The fourth-order valence-corrected chi connectivity index (χ4v) is 4.14. The lowest BCUT2D eigenvalue weighted by molar-refractivity contribution is -0.151. The van der Waals surface area contributed by atoms with Gasteiger partial charge in [0, 0.05) is 39.1 Å². The highest BCUT2D eigenvalue weighted by molar-refractivity contribution is 5.78. The first-order valence-electron chi connectivity index (χ1n) is 18.6. The molecular weight excluding hydrogens is 556 g/mol. The third-order valence-corrected chi connectivity index (χ3v) is 6.70. The van der Waals surface area contributed by atoms with E-state index in [1.165, 1.54) is 83.5 Å². The molecule has 44 heavy (non-hydrogen) atoms. The van der Waals surface area contributed by atoms with Gasteiger partial charge in [-0.25, -0.2) is 0 Å². The molecule has 0 aromatic carbocycles. The number of Topliss-reactive ketones (excluding diaryl/α,β-unsaturated/α-hetero) is 1. The Morgan fingerprint density at radius 2 is 0.682 bits per heavy atom. The van der Waals surface area contributed by atoms with Crippen molar-refractivity contribution in [2.45, 2.75) is 202 Å². The zero-order chi connectivity index (χ0) is 34.4. The molecule has 0 heterocycles. The van der Waals surface area contributed by atoms with Gasteiger partial charge in [0.1, 0.15) is 5.78 Å². The maximum Gasteiger partial charge on any atom is 0.307 e. The summed E-state index contributed by atoms with van der Waals surface area (Å²) in [6.45, 7) is 12.9. The zero-order valence-corrected chi connectivity index (χ0v) is 30.5. The minimum absolute atomic E-state index is 0.248. The summed E-state index contributed by atoms with van der Waals surface area (Å²) in [5.41, 5.74) is 0. The number of rotatable bonds is 28. The Labute approximate surface area is 275 Å². The largest absolute Gasteiger partial charge is 0.439 e. The fourth-order valence-electron chi connectivity index (χ4n) is 4.14. The lowest BCUT2D eigenvalue weighted by atomic mass is 10.0. The normalized spacial score (nSPS) is 9.68. The van der Waals surface area contributed by atoms with Crippen molar-refractivity contribution in [3.63, 3.8) is 0 Å². The molecule has 0 saturated carbocycles. The number of ether oxygens (including phenoxy) is 1. The predicted molar refractivity (Wildman–Crippen MR) is 189 cm³/mol. The third kappa shape index (κ3) is 64.0. The highest BCUT2D eigenvalue weighted by Crippen LogP contribution is 2.11. The van der Waals surface area contributed by atoms with Gasteiger partial charge in [0.25, 0.3) is 0 Å². The van der Waals surface area contributed by atoms with Gasteiger partial charge in [0.05, 0.1) is 0 Å². The van der Waals surface area contributed by atoms with E-state index in [-0.39, 0.29) is 18.8 Å². The molecule has 0 amide bonds. The zero-order valence-electron chi connectivity index (χ0n) is 30.5. The Morgan fingerprint density at radius 3 is 1.00 bits per heavy atom. The number of carbonyl (C=O) groups is 2. The van der Waals surface area contributed by atoms with Gasteiger partial charge >= 0.3 is 5.97 Å². The van der Waals surface area contributed by atoms with E-state index in [2.05, 4.69) is 18.6 Å². The second-order valence-corrected chi connectivity index (χ2v) is 10.7. The quantitative estimate of drug-likeness (QED) is 0.0383. The van der Waals surface area contributed by atoms with E-state index in [1.807, 2.05) is 27.7 Å². The van der Waals surface area contributed by atoms with E-state index in [0.29, 0.717) is 38.9 Å². The van der Waals surface area contributed by atoms with E-state index in [1.54, 1.807) is 0 Å². The van der Waals surface area contributed by atoms with Crippen molar-refractivity contribution in [2.75, 3.05) is 26.6 Å². The van der Waals surface area contributed by atoms with Gasteiger partial charge in [-0.1, -0.05) is 144 Å². The van der Waals surface area contributed by atoms with Crippen LogP contribution in [-0.2, 0) is 14.3 Å². The van der Waals surface area contributed by atoms with Crippen LogP contribution in [0.4, 0.5) is 0 Å². The molecule has 7 heteroatoms. The number of esters is 1. The molecular formula is C37H80O7. The Hall–Kier alpha value is -1.02.